The molecular formula is C14H21NO7. The number of rotatable bonds is 10. The molecule has 22 heavy (non-hydrogen) atoms. The van der Waals surface area contributed by atoms with Crippen molar-refractivity contribution in [3.8, 4) is 0 Å². The van der Waals surface area contributed by atoms with Crippen molar-refractivity contribution in [2.24, 2.45) is 5.92 Å². The van der Waals surface area contributed by atoms with Gasteiger partial charge >= 0.3 is 17.9 Å². The Balaban J connectivity index is 4.39. The molecule has 0 aliphatic heterocycles. The lowest BCUT2D eigenvalue weighted by Crippen LogP contribution is -2.42. The van der Waals surface area contributed by atoms with Gasteiger partial charge in [0, 0.05) is 12.6 Å². The largest absolute Gasteiger partial charge is 0.465 e. The minimum atomic E-state index is -1.66. The Morgan fingerprint density at radius 3 is 2.05 bits per heavy atom. The molecule has 0 spiro atoms. The van der Waals surface area contributed by atoms with Crippen LogP contribution < -0.4 is 5.32 Å². The molecule has 8 nitrogen and oxygen atoms in total. The quantitative estimate of drug-likeness (QED) is 0.198. The van der Waals surface area contributed by atoms with Gasteiger partial charge < -0.3 is 19.5 Å². The van der Waals surface area contributed by atoms with E-state index < -0.39 is 29.7 Å². The summed E-state index contributed by atoms with van der Waals surface area (Å²) in [5.74, 6) is -4.96. The topological polar surface area (TPSA) is 108 Å². The summed E-state index contributed by atoms with van der Waals surface area (Å²) in [7, 11) is 0. The van der Waals surface area contributed by atoms with Crippen molar-refractivity contribution in [1.29, 1.82) is 0 Å². The molecule has 0 aliphatic rings. The number of hydrogen-bond acceptors (Lipinski definition) is 7. The first-order valence-electron chi connectivity index (χ1n) is 6.88. The van der Waals surface area contributed by atoms with Gasteiger partial charge in [-0.2, -0.15) is 0 Å². The fourth-order valence-electron chi connectivity index (χ4n) is 1.38. The van der Waals surface area contributed by atoms with Crippen LogP contribution in [-0.4, -0.2) is 50.2 Å². The fourth-order valence-corrected chi connectivity index (χ4v) is 1.38. The Labute approximate surface area is 128 Å². The molecule has 0 radical (unpaired) electrons. The molecule has 124 valence electrons. The molecular weight excluding hydrogens is 294 g/mol. The average Bonchev–Trinajstić information content (AvgIpc) is 2.47. The number of hydrogen-bond donors (Lipinski definition) is 1. The molecule has 1 amide bonds. The third-order valence-corrected chi connectivity index (χ3v) is 2.34. The molecule has 0 aromatic carbocycles. The number of ether oxygens (including phenoxy) is 3. The van der Waals surface area contributed by atoms with E-state index >= 15 is 0 Å². The highest BCUT2D eigenvalue weighted by Crippen LogP contribution is 2.04. The van der Waals surface area contributed by atoms with Crippen LogP contribution in [0.1, 0.15) is 20.3 Å². The Morgan fingerprint density at radius 1 is 1.05 bits per heavy atom. The normalized spacial score (nSPS) is 9.77. The third kappa shape index (κ3) is 7.41. The number of carbonyl (C=O) groups is 4. The Bertz CT molecular complexity index is 401. The van der Waals surface area contributed by atoms with Gasteiger partial charge in [-0.1, -0.05) is 6.58 Å². The highest BCUT2D eigenvalue weighted by Gasteiger charge is 2.36. The molecule has 0 saturated carbocycles. The van der Waals surface area contributed by atoms with Gasteiger partial charge in [0.2, 0.25) is 11.8 Å². The highest BCUT2D eigenvalue weighted by molar-refractivity contribution is 6.14. The van der Waals surface area contributed by atoms with Gasteiger partial charge in [0.15, 0.2) is 0 Å². The number of amides is 1. The van der Waals surface area contributed by atoms with Crippen LogP contribution in [0.15, 0.2) is 12.7 Å². The minimum Gasteiger partial charge on any atom is -0.465 e. The molecule has 0 atom stereocenters. The summed E-state index contributed by atoms with van der Waals surface area (Å²) >= 11 is 0. The van der Waals surface area contributed by atoms with Gasteiger partial charge in [-0.3, -0.25) is 14.4 Å². The summed E-state index contributed by atoms with van der Waals surface area (Å²) < 4.78 is 14.1. The zero-order chi connectivity index (χ0) is 17.0. The first kappa shape index (κ1) is 19.6. The second-order valence-corrected chi connectivity index (χ2v) is 3.95. The first-order chi connectivity index (χ1) is 10.5. The molecule has 0 aromatic rings. The van der Waals surface area contributed by atoms with Crippen LogP contribution >= 0.6 is 0 Å². The van der Waals surface area contributed by atoms with Crippen LogP contribution in [0.3, 0.4) is 0 Å². The molecule has 0 rings (SSSR count). The van der Waals surface area contributed by atoms with Crippen molar-refractivity contribution in [2.45, 2.75) is 20.3 Å². The predicted molar refractivity (Wildman–Crippen MR) is 75.5 cm³/mol. The van der Waals surface area contributed by atoms with E-state index in [1.165, 1.54) is 0 Å². The summed E-state index contributed by atoms with van der Waals surface area (Å²) in [5.41, 5.74) is 0. The molecule has 1 N–H and O–H groups in total. The van der Waals surface area contributed by atoms with Crippen molar-refractivity contribution in [3.05, 3.63) is 12.7 Å². The fraction of sp³-hybridized carbons (Fsp3) is 0.571. The molecule has 8 heteroatoms. The molecule has 0 unspecified atom stereocenters. The second kappa shape index (κ2) is 11.3. The summed E-state index contributed by atoms with van der Waals surface area (Å²) in [6.07, 6.45) is 1.35. The van der Waals surface area contributed by atoms with E-state index in [1.807, 2.05) is 0 Å². The van der Waals surface area contributed by atoms with Gasteiger partial charge in [0.1, 0.15) is 0 Å². The lowest BCUT2D eigenvalue weighted by molar-refractivity contribution is -0.164. The minimum absolute atomic E-state index is 0.0412. The Kier molecular flexibility index (Phi) is 10.1. The molecule has 0 aliphatic carbocycles. The lowest BCUT2D eigenvalue weighted by Gasteiger charge is -2.14. The molecule has 0 bridgehead atoms. The maximum absolute atomic E-state index is 11.9. The van der Waals surface area contributed by atoms with E-state index in [0.29, 0.717) is 6.42 Å². The van der Waals surface area contributed by atoms with E-state index in [0.717, 1.165) is 6.08 Å². The van der Waals surface area contributed by atoms with Gasteiger partial charge in [-0.25, -0.2) is 4.79 Å². The van der Waals surface area contributed by atoms with Crippen molar-refractivity contribution in [2.75, 3.05) is 26.4 Å². The molecule has 0 heterocycles. The third-order valence-electron chi connectivity index (χ3n) is 2.34. The second-order valence-electron chi connectivity index (χ2n) is 3.95. The smallest absolute Gasteiger partial charge is 0.330 e. The van der Waals surface area contributed by atoms with Crippen molar-refractivity contribution in [3.63, 3.8) is 0 Å². The van der Waals surface area contributed by atoms with E-state index in [4.69, 9.17) is 4.74 Å². The maximum Gasteiger partial charge on any atom is 0.330 e. The Hall–Kier alpha value is -2.38. The average molecular weight is 315 g/mol. The number of carbonyl (C=O) groups excluding carboxylic acids is 4. The number of esters is 3. The van der Waals surface area contributed by atoms with E-state index in [1.54, 1.807) is 13.8 Å². The van der Waals surface area contributed by atoms with Crippen LogP contribution in [0.5, 0.6) is 0 Å². The van der Waals surface area contributed by atoms with Crippen molar-refractivity contribution >= 4 is 23.8 Å². The monoisotopic (exact) mass is 315 g/mol. The molecule has 0 fully saturated rings. The highest BCUT2D eigenvalue weighted by atomic mass is 16.6. The van der Waals surface area contributed by atoms with E-state index in [-0.39, 0.29) is 26.4 Å². The summed E-state index contributed by atoms with van der Waals surface area (Å²) in [6, 6.07) is 0. The van der Waals surface area contributed by atoms with Gasteiger partial charge in [0.25, 0.3) is 0 Å². The lowest BCUT2D eigenvalue weighted by atomic mass is 10.1. The van der Waals surface area contributed by atoms with Gasteiger partial charge in [-0.15, -0.1) is 0 Å². The molecule has 0 aromatic heterocycles. The van der Waals surface area contributed by atoms with Crippen LogP contribution in [0.2, 0.25) is 0 Å². The Morgan fingerprint density at radius 2 is 1.59 bits per heavy atom. The zero-order valence-electron chi connectivity index (χ0n) is 12.8. The first-order valence-corrected chi connectivity index (χ1v) is 6.88. The van der Waals surface area contributed by atoms with E-state index in [2.05, 4.69) is 21.4 Å². The van der Waals surface area contributed by atoms with Crippen LogP contribution in [-0.2, 0) is 33.4 Å². The van der Waals surface area contributed by atoms with Crippen LogP contribution in [0.4, 0.5) is 0 Å². The van der Waals surface area contributed by atoms with Crippen molar-refractivity contribution < 1.29 is 33.4 Å². The SMILES string of the molecule is C=CC(=O)OCCCNC(=O)C(C(=O)OCC)C(=O)OCC. The molecule has 0 saturated heterocycles. The van der Waals surface area contributed by atoms with E-state index in [9.17, 15) is 19.2 Å². The number of nitrogens with one attached hydrogen (secondary N) is 1. The zero-order valence-corrected chi connectivity index (χ0v) is 12.8. The van der Waals surface area contributed by atoms with Gasteiger partial charge in [-0.05, 0) is 20.3 Å². The summed E-state index contributed by atoms with van der Waals surface area (Å²) in [4.78, 5) is 46.0. The summed E-state index contributed by atoms with van der Waals surface area (Å²) in [5, 5.41) is 2.40. The van der Waals surface area contributed by atoms with Crippen molar-refractivity contribution in [1.82, 2.24) is 5.32 Å². The summed E-state index contributed by atoms with van der Waals surface area (Å²) in [6.45, 7) is 6.64. The maximum atomic E-state index is 11.9. The standard InChI is InChI=1S/C14H21NO7/c1-4-10(16)22-9-7-8-15-12(17)11(13(18)20-5-2)14(19)21-6-3/h4,11H,1,5-9H2,2-3H3,(H,15,17). The van der Waals surface area contributed by atoms with Crippen LogP contribution in [0.25, 0.3) is 0 Å². The van der Waals surface area contributed by atoms with Crippen LogP contribution in [0, 0.1) is 5.92 Å². The van der Waals surface area contributed by atoms with Gasteiger partial charge in [0.05, 0.1) is 19.8 Å². The predicted octanol–water partition coefficient (Wildman–Crippen LogP) is -0.0357.